The first-order chi connectivity index (χ1) is 10.1. The largest absolute Gasteiger partial charge is 0.357 e. The molecule has 2 heterocycles. The molecule has 2 N–H and O–H groups in total. The quantitative estimate of drug-likeness (QED) is 0.888. The molecule has 110 valence electrons. The van der Waals surface area contributed by atoms with Gasteiger partial charge in [-0.3, -0.25) is 9.59 Å². The zero-order chi connectivity index (χ0) is 14.9. The van der Waals surface area contributed by atoms with Gasteiger partial charge in [0.05, 0.1) is 6.33 Å². The van der Waals surface area contributed by atoms with Crippen LogP contribution in [0.15, 0.2) is 30.7 Å². The van der Waals surface area contributed by atoms with Crippen LogP contribution in [0.1, 0.15) is 36.2 Å². The van der Waals surface area contributed by atoms with Gasteiger partial charge in [0, 0.05) is 18.8 Å². The molecule has 2 amide bonds. The minimum absolute atomic E-state index is 0.128. The Labute approximate surface area is 122 Å². The normalized spacial score (nSPS) is 16.8. The van der Waals surface area contributed by atoms with Gasteiger partial charge in [0.2, 0.25) is 5.91 Å². The van der Waals surface area contributed by atoms with Gasteiger partial charge < -0.3 is 15.0 Å². The monoisotopic (exact) mass is 286 g/mol. The maximum absolute atomic E-state index is 12.4. The average Bonchev–Trinajstić information content (AvgIpc) is 3.14. The fraction of sp³-hybridized carbons (Fsp3) is 0.400. The molecule has 0 saturated heterocycles. The van der Waals surface area contributed by atoms with Gasteiger partial charge >= 0.3 is 0 Å². The summed E-state index contributed by atoms with van der Waals surface area (Å²) in [6.45, 7) is 0. The van der Waals surface area contributed by atoms with E-state index < -0.39 is 5.54 Å². The molecule has 1 aliphatic carbocycles. The third-order valence-electron chi connectivity index (χ3n) is 4.12. The zero-order valence-corrected chi connectivity index (χ0v) is 11.9. The van der Waals surface area contributed by atoms with Gasteiger partial charge in [0.15, 0.2) is 0 Å². The third-order valence-corrected chi connectivity index (χ3v) is 4.12. The fourth-order valence-electron chi connectivity index (χ4n) is 2.97. The predicted molar refractivity (Wildman–Crippen MR) is 77.9 cm³/mol. The van der Waals surface area contributed by atoms with E-state index >= 15 is 0 Å². The first-order valence-electron chi connectivity index (χ1n) is 7.12. The van der Waals surface area contributed by atoms with Crippen molar-refractivity contribution in [3.05, 3.63) is 36.4 Å². The molecule has 1 aliphatic rings. The lowest BCUT2D eigenvalue weighted by atomic mass is 9.96. The minimum Gasteiger partial charge on any atom is -0.357 e. The van der Waals surface area contributed by atoms with E-state index in [0.717, 1.165) is 18.4 Å². The summed E-state index contributed by atoms with van der Waals surface area (Å²) in [5, 5.41) is 5.55. The van der Waals surface area contributed by atoms with E-state index in [-0.39, 0.29) is 11.8 Å². The highest BCUT2D eigenvalue weighted by molar-refractivity contribution is 5.98. The lowest BCUT2D eigenvalue weighted by Gasteiger charge is -2.28. The number of nitrogens with zero attached hydrogens (tertiary/aromatic N) is 2. The molecule has 0 bridgehead atoms. The highest BCUT2D eigenvalue weighted by Gasteiger charge is 2.42. The summed E-state index contributed by atoms with van der Waals surface area (Å²) in [7, 11) is 1.60. The standard InChI is InChI=1S/C15H18N4O2/c1-16-14(21)15(6-2-3-7-15)18-13(20)12-9-11-5-4-8-19(11)10-17-12/h4-5,8-10H,2-3,6-7H2,1H3,(H,16,21)(H,18,20). The molecule has 6 heteroatoms. The maximum Gasteiger partial charge on any atom is 0.270 e. The second-order valence-electron chi connectivity index (χ2n) is 5.44. The summed E-state index contributed by atoms with van der Waals surface area (Å²) in [4.78, 5) is 28.7. The Balaban J connectivity index is 1.85. The van der Waals surface area contributed by atoms with Crippen molar-refractivity contribution in [3.63, 3.8) is 0 Å². The van der Waals surface area contributed by atoms with Crippen LogP contribution in [0.3, 0.4) is 0 Å². The van der Waals surface area contributed by atoms with Crippen LogP contribution >= 0.6 is 0 Å². The number of amides is 2. The molecule has 0 aromatic carbocycles. The van der Waals surface area contributed by atoms with E-state index in [1.807, 2.05) is 22.7 Å². The van der Waals surface area contributed by atoms with Gasteiger partial charge in [0.1, 0.15) is 11.2 Å². The molecule has 0 radical (unpaired) electrons. The Morgan fingerprint density at radius 2 is 2.10 bits per heavy atom. The van der Waals surface area contributed by atoms with Gasteiger partial charge in [-0.25, -0.2) is 4.98 Å². The van der Waals surface area contributed by atoms with Crippen LogP contribution in [0, 0.1) is 0 Å². The van der Waals surface area contributed by atoms with Crippen LogP contribution in [-0.4, -0.2) is 33.8 Å². The van der Waals surface area contributed by atoms with Crippen LogP contribution in [0.4, 0.5) is 0 Å². The van der Waals surface area contributed by atoms with Gasteiger partial charge in [-0.1, -0.05) is 12.8 Å². The van der Waals surface area contributed by atoms with Crippen LogP contribution in [0.5, 0.6) is 0 Å². The minimum atomic E-state index is -0.790. The van der Waals surface area contributed by atoms with Crippen molar-refractivity contribution in [1.82, 2.24) is 20.0 Å². The zero-order valence-electron chi connectivity index (χ0n) is 11.9. The number of aromatic nitrogens is 2. The van der Waals surface area contributed by atoms with E-state index in [0.29, 0.717) is 18.5 Å². The lowest BCUT2D eigenvalue weighted by molar-refractivity contribution is -0.126. The van der Waals surface area contributed by atoms with E-state index in [1.165, 1.54) is 0 Å². The average molecular weight is 286 g/mol. The molecular weight excluding hydrogens is 268 g/mol. The lowest BCUT2D eigenvalue weighted by Crippen LogP contribution is -2.56. The van der Waals surface area contributed by atoms with E-state index in [1.54, 1.807) is 19.4 Å². The number of hydrogen-bond donors (Lipinski definition) is 2. The van der Waals surface area contributed by atoms with Crippen molar-refractivity contribution in [3.8, 4) is 0 Å². The van der Waals surface area contributed by atoms with Gasteiger partial charge in [-0.05, 0) is 31.0 Å². The first kappa shape index (κ1) is 13.6. The molecule has 0 atom stereocenters. The maximum atomic E-state index is 12.4. The molecule has 2 aromatic heterocycles. The number of rotatable bonds is 3. The summed E-state index contributed by atoms with van der Waals surface area (Å²) >= 11 is 0. The highest BCUT2D eigenvalue weighted by atomic mass is 16.2. The van der Waals surface area contributed by atoms with Crippen molar-refractivity contribution in [2.75, 3.05) is 7.05 Å². The number of likely N-dealkylation sites (N-methyl/N-ethyl adjacent to an activating group) is 1. The third kappa shape index (κ3) is 2.37. The summed E-state index contributed by atoms with van der Waals surface area (Å²) in [6.07, 6.45) is 6.70. The molecule has 0 unspecified atom stereocenters. The molecule has 1 fully saturated rings. The summed E-state index contributed by atoms with van der Waals surface area (Å²) < 4.78 is 1.83. The Morgan fingerprint density at radius 1 is 1.33 bits per heavy atom. The van der Waals surface area contributed by atoms with Crippen LogP contribution in [-0.2, 0) is 4.79 Å². The van der Waals surface area contributed by atoms with Crippen LogP contribution in [0.2, 0.25) is 0 Å². The first-order valence-corrected chi connectivity index (χ1v) is 7.12. The van der Waals surface area contributed by atoms with Gasteiger partial charge in [-0.2, -0.15) is 0 Å². The Bertz CT molecular complexity index is 686. The highest BCUT2D eigenvalue weighted by Crippen LogP contribution is 2.30. The van der Waals surface area contributed by atoms with E-state index in [2.05, 4.69) is 15.6 Å². The fourth-order valence-corrected chi connectivity index (χ4v) is 2.97. The van der Waals surface area contributed by atoms with Crippen molar-refractivity contribution in [2.24, 2.45) is 0 Å². The number of hydrogen-bond acceptors (Lipinski definition) is 3. The van der Waals surface area contributed by atoms with Gasteiger partial charge in [-0.15, -0.1) is 0 Å². The SMILES string of the molecule is CNC(=O)C1(NC(=O)c2cc3cccn3cn2)CCCC1. The molecule has 0 spiro atoms. The van der Waals surface area contributed by atoms with Crippen LogP contribution < -0.4 is 10.6 Å². The topological polar surface area (TPSA) is 75.5 Å². The molecule has 3 rings (SSSR count). The number of carbonyl (C=O) groups excluding carboxylic acids is 2. The summed E-state index contributed by atoms with van der Waals surface area (Å²) in [5.74, 6) is -0.429. The number of fused-ring (bicyclic) bond motifs is 1. The van der Waals surface area contributed by atoms with Crippen molar-refractivity contribution >= 4 is 17.3 Å². The van der Waals surface area contributed by atoms with Crippen molar-refractivity contribution in [1.29, 1.82) is 0 Å². The smallest absolute Gasteiger partial charge is 0.270 e. The Morgan fingerprint density at radius 3 is 2.81 bits per heavy atom. The van der Waals surface area contributed by atoms with Crippen molar-refractivity contribution in [2.45, 2.75) is 31.2 Å². The Kier molecular flexibility index (Phi) is 3.37. The van der Waals surface area contributed by atoms with Crippen LogP contribution in [0.25, 0.3) is 5.52 Å². The molecule has 21 heavy (non-hydrogen) atoms. The summed E-state index contributed by atoms with van der Waals surface area (Å²) in [5.41, 5.74) is 0.439. The Hall–Kier alpha value is -2.37. The van der Waals surface area contributed by atoms with E-state index in [9.17, 15) is 9.59 Å². The summed E-state index contributed by atoms with van der Waals surface area (Å²) in [6, 6.07) is 5.52. The number of carbonyl (C=O) groups is 2. The van der Waals surface area contributed by atoms with Crippen molar-refractivity contribution < 1.29 is 9.59 Å². The second-order valence-corrected chi connectivity index (χ2v) is 5.44. The molecule has 1 saturated carbocycles. The molecule has 2 aromatic rings. The van der Waals surface area contributed by atoms with Gasteiger partial charge in [0.25, 0.3) is 5.91 Å². The second kappa shape index (κ2) is 5.20. The molecular formula is C15H18N4O2. The number of nitrogens with one attached hydrogen (secondary N) is 2. The molecule has 6 nitrogen and oxygen atoms in total. The predicted octanol–water partition coefficient (Wildman–Crippen LogP) is 1.12. The van der Waals surface area contributed by atoms with E-state index in [4.69, 9.17) is 0 Å². The molecule has 0 aliphatic heterocycles.